The first-order chi connectivity index (χ1) is 8.61. The van der Waals surface area contributed by atoms with Crippen molar-refractivity contribution >= 4 is 5.91 Å². The Bertz CT molecular complexity index is 583. The van der Waals surface area contributed by atoms with Crippen molar-refractivity contribution in [1.29, 1.82) is 0 Å². The Balaban J connectivity index is 2.37. The molecule has 0 aliphatic heterocycles. The van der Waals surface area contributed by atoms with Crippen LogP contribution in [-0.2, 0) is 0 Å². The van der Waals surface area contributed by atoms with Crippen LogP contribution in [0.4, 0.5) is 4.39 Å². The Morgan fingerprint density at radius 3 is 2.67 bits per heavy atom. The number of halogens is 1. The lowest BCUT2D eigenvalue weighted by Crippen LogP contribution is -2.30. The van der Waals surface area contributed by atoms with Crippen LogP contribution in [0, 0.1) is 12.7 Å². The van der Waals surface area contributed by atoms with Crippen LogP contribution in [0.3, 0.4) is 0 Å². The van der Waals surface area contributed by atoms with Crippen LogP contribution in [0.25, 0.3) is 11.3 Å². The number of nitrogens with two attached hydrogens (primary N) is 1. The number of amides is 1. The molecule has 0 aliphatic carbocycles. The highest BCUT2D eigenvalue weighted by atomic mass is 19.1. The van der Waals surface area contributed by atoms with Crippen molar-refractivity contribution in [3.8, 4) is 11.3 Å². The van der Waals surface area contributed by atoms with Gasteiger partial charge >= 0.3 is 0 Å². The summed E-state index contributed by atoms with van der Waals surface area (Å²) in [5.74, 6) is 4.17. The molecular formula is C12H11FN4O. The van der Waals surface area contributed by atoms with Gasteiger partial charge in [0.15, 0.2) is 0 Å². The number of benzene rings is 1. The molecule has 0 aliphatic rings. The number of nitrogens with zero attached hydrogens (tertiary/aromatic N) is 2. The van der Waals surface area contributed by atoms with Crippen LogP contribution < -0.4 is 11.3 Å². The molecule has 1 aromatic heterocycles. The maximum Gasteiger partial charge on any atom is 0.285 e. The second-order valence-corrected chi connectivity index (χ2v) is 3.72. The topological polar surface area (TPSA) is 80.9 Å². The average molecular weight is 246 g/mol. The lowest BCUT2D eigenvalue weighted by Gasteiger charge is -2.05. The Labute approximate surface area is 103 Å². The van der Waals surface area contributed by atoms with E-state index in [-0.39, 0.29) is 11.5 Å². The summed E-state index contributed by atoms with van der Waals surface area (Å²) in [7, 11) is 0. The fourth-order valence-electron chi connectivity index (χ4n) is 1.57. The van der Waals surface area contributed by atoms with Gasteiger partial charge < -0.3 is 0 Å². The van der Waals surface area contributed by atoms with E-state index in [2.05, 4.69) is 9.97 Å². The Morgan fingerprint density at radius 1 is 1.33 bits per heavy atom. The quantitative estimate of drug-likeness (QED) is 0.474. The van der Waals surface area contributed by atoms with Gasteiger partial charge in [-0.25, -0.2) is 15.2 Å². The number of rotatable bonds is 2. The van der Waals surface area contributed by atoms with E-state index in [0.29, 0.717) is 5.69 Å². The highest BCUT2D eigenvalue weighted by Crippen LogP contribution is 2.21. The predicted octanol–water partition coefficient (Wildman–Crippen LogP) is 1.19. The molecule has 0 radical (unpaired) electrons. The van der Waals surface area contributed by atoms with Gasteiger partial charge in [0.25, 0.3) is 5.91 Å². The van der Waals surface area contributed by atoms with E-state index in [0.717, 1.165) is 11.1 Å². The summed E-state index contributed by atoms with van der Waals surface area (Å²) in [6.07, 6.45) is 2.77. The lowest BCUT2D eigenvalue weighted by atomic mass is 10.1. The van der Waals surface area contributed by atoms with Gasteiger partial charge in [0.1, 0.15) is 11.5 Å². The Kier molecular flexibility index (Phi) is 3.29. The number of hydrazine groups is 1. The number of hydrogen-bond acceptors (Lipinski definition) is 4. The summed E-state index contributed by atoms with van der Waals surface area (Å²) < 4.78 is 13.0. The van der Waals surface area contributed by atoms with Crippen LogP contribution in [0.2, 0.25) is 0 Å². The SMILES string of the molecule is Cc1cc(F)ccc1-c1cnc(C(=O)NN)cn1. The standard InChI is InChI=1S/C12H11FN4O/c1-7-4-8(13)2-3-9(7)10-5-16-11(6-15-10)12(18)17-14/h2-6H,14H2,1H3,(H,17,18). The molecule has 1 amide bonds. The minimum absolute atomic E-state index is 0.126. The molecule has 0 saturated heterocycles. The van der Waals surface area contributed by atoms with E-state index in [9.17, 15) is 9.18 Å². The number of nitrogens with one attached hydrogen (secondary N) is 1. The van der Waals surface area contributed by atoms with E-state index < -0.39 is 5.91 Å². The zero-order chi connectivity index (χ0) is 13.1. The largest absolute Gasteiger partial charge is 0.289 e. The van der Waals surface area contributed by atoms with Crippen LogP contribution in [0.5, 0.6) is 0 Å². The summed E-state index contributed by atoms with van der Waals surface area (Å²) in [4.78, 5) is 19.2. The molecule has 0 atom stereocenters. The molecule has 18 heavy (non-hydrogen) atoms. The van der Waals surface area contributed by atoms with E-state index in [1.165, 1.54) is 24.5 Å². The summed E-state index contributed by atoms with van der Waals surface area (Å²) in [5.41, 5.74) is 4.18. The van der Waals surface area contributed by atoms with Crippen molar-refractivity contribution in [2.24, 2.45) is 5.84 Å². The highest BCUT2D eigenvalue weighted by Gasteiger charge is 2.08. The molecule has 0 fully saturated rings. The molecule has 3 N–H and O–H groups in total. The molecular weight excluding hydrogens is 235 g/mol. The van der Waals surface area contributed by atoms with E-state index >= 15 is 0 Å². The van der Waals surface area contributed by atoms with E-state index in [4.69, 9.17) is 5.84 Å². The molecule has 2 aromatic rings. The fraction of sp³-hybridized carbons (Fsp3) is 0.0833. The summed E-state index contributed by atoms with van der Waals surface area (Å²) in [6, 6.07) is 4.39. The van der Waals surface area contributed by atoms with Gasteiger partial charge in [-0.1, -0.05) is 0 Å². The summed E-state index contributed by atoms with van der Waals surface area (Å²) in [6.45, 7) is 1.78. The number of hydrogen-bond donors (Lipinski definition) is 2. The first kappa shape index (κ1) is 12.1. The second kappa shape index (κ2) is 4.89. The Hall–Kier alpha value is -2.34. The molecule has 6 heteroatoms. The monoisotopic (exact) mass is 246 g/mol. The third-order valence-corrected chi connectivity index (χ3v) is 2.48. The fourth-order valence-corrected chi connectivity index (χ4v) is 1.57. The molecule has 2 rings (SSSR count). The lowest BCUT2D eigenvalue weighted by molar-refractivity contribution is 0.0948. The van der Waals surface area contributed by atoms with Crippen molar-refractivity contribution < 1.29 is 9.18 Å². The first-order valence-corrected chi connectivity index (χ1v) is 5.21. The molecule has 0 bridgehead atoms. The minimum atomic E-state index is -0.509. The molecule has 5 nitrogen and oxygen atoms in total. The Morgan fingerprint density at radius 2 is 2.11 bits per heavy atom. The second-order valence-electron chi connectivity index (χ2n) is 3.72. The maximum atomic E-state index is 13.0. The molecule has 1 aromatic carbocycles. The third-order valence-electron chi connectivity index (χ3n) is 2.48. The van der Waals surface area contributed by atoms with Gasteiger partial charge in [-0.05, 0) is 30.7 Å². The van der Waals surface area contributed by atoms with Crippen LogP contribution >= 0.6 is 0 Å². The van der Waals surface area contributed by atoms with Crippen molar-refractivity contribution in [2.45, 2.75) is 6.92 Å². The average Bonchev–Trinajstić information content (AvgIpc) is 2.38. The summed E-state index contributed by atoms with van der Waals surface area (Å²) >= 11 is 0. The zero-order valence-electron chi connectivity index (χ0n) is 9.64. The van der Waals surface area contributed by atoms with Gasteiger partial charge in [-0.15, -0.1) is 0 Å². The van der Waals surface area contributed by atoms with E-state index in [1.54, 1.807) is 13.0 Å². The van der Waals surface area contributed by atoms with Gasteiger partial charge in [-0.3, -0.25) is 15.2 Å². The van der Waals surface area contributed by atoms with Gasteiger partial charge in [0.2, 0.25) is 0 Å². The van der Waals surface area contributed by atoms with Gasteiger partial charge in [0.05, 0.1) is 18.1 Å². The number of aromatic nitrogens is 2. The molecule has 0 saturated carbocycles. The third kappa shape index (κ3) is 2.33. The van der Waals surface area contributed by atoms with Crippen LogP contribution in [0.15, 0.2) is 30.6 Å². The number of carbonyl (C=O) groups excluding carboxylic acids is 1. The van der Waals surface area contributed by atoms with Gasteiger partial charge in [0, 0.05) is 5.56 Å². The smallest absolute Gasteiger partial charge is 0.285 e. The van der Waals surface area contributed by atoms with Crippen molar-refractivity contribution in [1.82, 2.24) is 15.4 Å². The highest BCUT2D eigenvalue weighted by molar-refractivity contribution is 5.91. The van der Waals surface area contributed by atoms with Crippen LogP contribution in [-0.4, -0.2) is 15.9 Å². The molecule has 0 spiro atoms. The van der Waals surface area contributed by atoms with Crippen molar-refractivity contribution in [3.05, 3.63) is 47.7 Å². The molecule has 92 valence electrons. The van der Waals surface area contributed by atoms with Crippen molar-refractivity contribution in [3.63, 3.8) is 0 Å². The minimum Gasteiger partial charge on any atom is -0.289 e. The summed E-state index contributed by atoms with van der Waals surface area (Å²) in [5, 5.41) is 0. The maximum absolute atomic E-state index is 13.0. The van der Waals surface area contributed by atoms with Crippen LogP contribution in [0.1, 0.15) is 16.1 Å². The normalized spacial score (nSPS) is 10.2. The van der Waals surface area contributed by atoms with E-state index in [1.807, 2.05) is 5.43 Å². The number of carbonyl (C=O) groups is 1. The number of aryl methyl sites for hydroxylation is 1. The van der Waals surface area contributed by atoms with Crippen molar-refractivity contribution in [2.75, 3.05) is 0 Å². The zero-order valence-corrected chi connectivity index (χ0v) is 9.64. The van der Waals surface area contributed by atoms with Gasteiger partial charge in [-0.2, -0.15) is 0 Å². The molecule has 1 heterocycles. The predicted molar refractivity (Wildman–Crippen MR) is 63.8 cm³/mol. The number of nitrogen functional groups attached to an aromatic ring is 1. The first-order valence-electron chi connectivity index (χ1n) is 5.21. The molecule has 0 unspecified atom stereocenters.